The number of halogens is 2. The molecule has 0 radical (unpaired) electrons. The van der Waals surface area contributed by atoms with Crippen molar-refractivity contribution in [2.75, 3.05) is 13.7 Å². The molecule has 9 heteroatoms. The van der Waals surface area contributed by atoms with Gasteiger partial charge in [0.05, 0.1) is 34.9 Å². The van der Waals surface area contributed by atoms with E-state index in [1.54, 1.807) is 13.0 Å². The molecular formula is C30H33F2N3O4. The number of benzene rings is 1. The van der Waals surface area contributed by atoms with Crippen molar-refractivity contribution in [2.24, 2.45) is 22.7 Å². The molecule has 4 aliphatic rings. The van der Waals surface area contributed by atoms with E-state index < -0.39 is 17.0 Å². The van der Waals surface area contributed by atoms with Gasteiger partial charge in [0.2, 0.25) is 5.88 Å². The highest BCUT2D eigenvalue weighted by Gasteiger charge is 2.61. The molecule has 0 saturated heterocycles. The molecule has 0 aliphatic heterocycles. The van der Waals surface area contributed by atoms with E-state index >= 15 is 0 Å². The predicted octanol–water partition coefficient (Wildman–Crippen LogP) is 5.30. The number of nitrogens with one attached hydrogen (secondary N) is 1. The van der Waals surface area contributed by atoms with E-state index in [0.717, 1.165) is 44.1 Å². The lowest BCUT2D eigenvalue weighted by Gasteiger charge is -2.60. The van der Waals surface area contributed by atoms with E-state index in [1.165, 1.54) is 29.8 Å². The van der Waals surface area contributed by atoms with Gasteiger partial charge >= 0.3 is 5.97 Å². The number of hydrogen-bond acceptors (Lipinski definition) is 5. The largest absolute Gasteiger partial charge is 0.473 e. The average Bonchev–Trinajstić information content (AvgIpc) is 3.21. The summed E-state index contributed by atoms with van der Waals surface area (Å²) < 4.78 is 40.8. The van der Waals surface area contributed by atoms with Gasteiger partial charge < -0.3 is 14.8 Å². The Balaban J connectivity index is 1.24. The number of aromatic nitrogens is 2. The number of ether oxygens (including phenoxy) is 2. The van der Waals surface area contributed by atoms with Gasteiger partial charge in [0, 0.05) is 12.6 Å². The van der Waals surface area contributed by atoms with Crippen LogP contribution in [0.1, 0.15) is 65.7 Å². The Morgan fingerprint density at radius 2 is 1.79 bits per heavy atom. The highest BCUT2D eigenvalue weighted by Crippen LogP contribution is 2.65. The number of amides is 1. The maximum absolute atomic E-state index is 14.1. The average molecular weight is 538 g/mol. The summed E-state index contributed by atoms with van der Waals surface area (Å²) in [6, 6.07) is 7.25. The van der Waals surface area contributed by atoms with E-state index in [9.17, 15) is 18.4 Å². The Kier molecular flexibility index (Phi) is 6.15. The molecule has 39 heavy (non-hydrogen) atoms. The van der Waals surface area contributed by atoms with Crippen LogP contribution in [0.2, 0.25) is 0 Å². The Bertz CT molecular complexity index is 1450. The number of hydrogen-bond donors (Lipinski definition) is 1. The van der Waals surface area contributed by atoms with E-state index in [2.05, 4.69) is 10.4 Å². The molecule has 1 aromatic carbocycles. The molecule has 2 unspecified atom stereocenters. The SMILES string of the molecule is COC(=O)C12CC3CC(CC(CNC(=O)c4c(C)nn5c(OCc6c(F)cccc6F)cc(C)cc45)(C3)C1)C2. The molecule has 206 valence electrons. The van der Waals surface area contributed by atoms with Crippen LogP contribution in [0.4, 0.5) is 8.78 Å². The third-order valence-corrected chi connectivity index (χ3v) is 9.10. The second-order valence-corrected chi connectivity index (χ2v) is 12.0. The van der Waals surface area contributed by atoms with Crippen molar-refractivity contribution in [3.63, 3.8) is 0 Å². The van der Waals surface area contributed by atoms with Crippen LogP contribution in [-0.2, 0) is 16.1 Å². The molecule has 2 aromatic heterocycles. The van der Waals surface area contributed by atoms with E-state index in [0.29, 0.717) is 35.2 Å². The summed E-state index contributed by atoms with van der Waals surface area (Å²) in [4.78, 5) is 26.4. The molecule has 3 aromatic rings. The molecule has 4 fully saturated rings. The lowest BCUT2D eigenvalue weighted by atomic mass is 9.44. The number of carbonyl (C=O) groups is 2. The van der Waals surface area contributed by atoms with E-state index in [4.69, 9.17) is 9.47 Å². The molecule has 1 N–H and O–H groups in total. The summed E-state index contributed by atoms with van der Waals surface area (Å²) in [5, 5.41) is 7.71. The van der Waals surface area contributed by atoms with Gasteiger partial charge in [-0.05, 0) is 93.4 Å². The van der Waals surface area contributed by atoms with Crippen LogP contribution in [-0.4, -0.2) is 35.1 Å². The van der Waals surface area contributed by atoms with Crippen LogP contribution in [0.15, 0.2) is 30.3 Å². The molecule has 4 bridgehead atoms. The number of rotatable bonds is 7. The minimum absolute atomic E-state index is 0.107. The minimum Gasteiger partial charge on any atom is -0.473 e. The van der Waals surface area contributed by atoms with Crippen LogP contribution >= 0.6 is 0 Å². The molecule has 2 atom stereocenters. The van der Waals surface area contributed by atoms with Crippen LogP contribution < -0.4 is 10.1 Å². The van der Waals surface area contributed by atoms with Crippen LogP contribution in [0, 0.1) is 48.1 Å². The Morgan fingerprint density at radius 1 is 1.10 bits per heavy atom. The zero-order valence-corrected chi connectivity index (χ0v) is 22.5. The number of pyridine rings is 1. The summed E-state index contributed by atoms with van der Waals surface area (Å²) in [6.45, 7) is 3.80. The number of carbonyl (C=O) groups excluding carboxylic acids is 2. The molecule has 1 amide bonds. The Morgan fingerprint density at radius 3 is 2.46 bits per heavy atom. The van der Waals surface area contributed by atoms with Crippen molar-refractivity contribution in [3.05, 3.63) is 64.4 Å². The fourth-order valence-electron chi connectivity index (χ4n) is 8.03. The third-order valence-electron chi connectivity index (χ3n) is 9.10. The third kappa shape index (κ3) is 4.36. The summed E-state index contributed by atoms with van der Waals surface area (Å²) in [6.07, 6.45) is 5.70. The maximum atomic E-state index is 14.1. The highest BCUT2D eigenvalue weighted by molar-refractivity contribution is 6.02. The van der Waals surface area contributed by atoms with Crippen molar-refractivity contribution in [3.8, 4) is 5.88 Å². The first-order chi connectivity index (χ1) is 18.6. The van der Waals surface area contributed by atoms with Crippen molar-refractivity contribution < 1.29 is 27.8 Å². The van der Waals surface area contributed by atoms with Crippen molar-refractivity contribution in [2.45, 2.75) is 59.0 Å². The normalized spacial score (nSPS) is 27.1. The van der Waals surface area contributed by atoms with Gasteiger partial charge in [-0.1, -0.05) is 6.07 Å². The van der Waals surface area contributed by atoms with Crippen LogP contribution in [0.3, 0.4) is 0 Å². The lowest BCUT2D eigenvalue weighted by Crippen LogP contribution is -2.58. The topological polar surface area (TPSA) is 81.9 Å². The van der Waals surface area contributed by atoms with E-state index in [1.807, 2.05) is 13.0 Å². The molecule has 4 aliphatic carbocycles. The summed E-state index contributed by atoms with van der Waals surface area (Å²) in [7, 11) is 1.47. The zero-order chi connectivity index (χ0) is 27.5. The summed E-state index contributed by atoms with van der Waals surface area (Å²) >= 11 is 0. The predicted molar refractivity (Wildman–Crippen MR) is 139 cm³/mol. The van der Waals surface area contributed by atoms with Crippen LogP contribution in [0.5, 0.6) is 5.88 Å². The second kappa shape index (κ2) is 9.31. The molecule has 0 spiro atoms. The van der Waals surface area contributed by atoms with Crippen molar-refractivity contribution >= 4 is 17.4 Å². The number of aryl methyl sites for hydroxylation is 2. The van der Waals surface area contributed by atoms with Crippen molar-refractivity contribution in [1.82, 2.24) is 14.9 Å². The molecule has 7 rings (SSSR count). The molecule has 2 heterocycles. The summed E-state index contributed by atoms with van der Waals surface area (Å²) in [5.41, 5.74) is 1.63. The van der Waals surface area contributed by atoms with Gasteiger partial charge in [0.15, 0.2) is 0 Å². The molecular weight excluding hydrogens is 504 g/mol. The van der Waals surface area contributed by atoms with E-state index in [-0.39, 0.29) is 35.3 Å². The first kappa shape index (κ1) is 25.8. The van der Waals surface area contributed by atoms with Gasteiger partial charge in [-0.15, -0.1) is 0 Å². The zero-order valence-electron chi connectivity index (χ0n) is 22.5. The maximum Gasteiger partial charge on any atom is 0.311 e. The van der Waals surface area contributed by atoms with Gasteiger partial charge in [-0.25, -0.2) is 8.78 Å². The Labute approximate surface area is 225 Å². The van der Waals surface area contributed by atoms with Crippen LogP contribution in [0.25, 0.3) is 5.52 Å². The number of esters is 1. The lowest BCUT2D eigenvalue weighted by molar-refractivity contribution is -0.177. The number of methoxy groups -OCH3 is 1. The monoisotopic (exact) mass is 537 g/mol. The molecule has 4 saturated carbocycles. The van der Waals surface area contributed by atoms with Gasteiger partial charge in [-0.3, -0.25) is 9.59 Å². The molecule has 7 nitrogen and oxygen atoms in total. The van der Waals surface area contributed by atoms with Crippen molar-refractivity contribution in [1.29, 1.82) is 0 Å². The highest BCUT2D eigenvalue weighted by atomic mass is 19.1. The van der Waals surface area contributed by atoms with Gasteiger partial charge in [-0.2, -0.15) is 9.61 Å². The number of nitrogens with zero attached hydrogens (tertiary/aromatic N) is 2. The fourth-order valence-corrected chi connectivity index (χ4v) is 8.03. The Hall–Kier alpha value is -3.49. The summed E-state index contributed by atoms with van der Waals surface area (Å²) in [5.74, 6) is -0.448. The van der Waals surface area contributed by atoms with Gasteiger partial charge in [0.25, 0.3) is 5.91 Å². The second-order valence-electron chi connectivity index (χ2n) is 12.0. The standard InChI is InChI=1S/C30H33F2N3O4/c1-17-7-24-26(18(2)34-35(24)25(8-17)39-14-21-22(31)5-4-6-23(21)32)27(36)33-16-29-10-19-9-20(11-29)13-30(12-19,15-29)28(37)38-3/h4-8,19-20H,9-16H2,1-3H3,(H,33,36). The fraction of sp³-hybridized carbons (Fsp3) is 0.500. The first-order valence-electron chi connectivity index (χ1n) is 13.5. The number of fused-ring (bicyclic) bond motifs is 1. The first-order valence-corrected chi connectivity index (χ1v) is 13.5. The minimum atomic E-state index is -0.686. The quantitative estimate of drug-likeness (QED) is 0.414. The van der Waals surface area contributed by atoms with Gasteiger partial charge in [0.1, 0.15) is 18.2 Å². The smallest absolute Gasteiger partial charge is 0.311 e.